The van der Waals surface area contributed by atoms with Crippen LogP contribution in [0.4, 0.5) is 0 Å². The zero-order valence-corrected chi connectivity index (χ0v) is 9.98. The molecular formula is C12H13N3O4. The van der Waals surface area contributed by atoms with Crippen molar-refractivity contribution < 1.29 is 19.8 Å². The minimum absolute atomic E-state index is 0.0207. The Morgan fingerprint density at radius 2 is 2.11 bits per heavy atom. The molecule has 0 radical (unpaired) electrons. The van der Waals surface area contributed by atoms with E-state index in [0.29, 0.717) is 0 Å². The van der Waals surface area contributed by atoms with Gasteiger partial charge < -0.3 is 20.1 Å². The van der Waals surface area contributed by atoms with E-state index in [1.807, 2.05) is 24.3 Å². The first-order valence-electron chi connectivity index (χ1n) is 5.65. The van der Waals surface area contributed by atoms with Crippen molar-refractivity contribution in [3.05, 3.63) is 30.6 Å². The SMILES string of the molecule is O=C(Cn1cnc2ccccc21)NCC(O)C(=O)O. The summed E-state index contributed by atoms with van der Waals surface area (Å²) in [4.78, 5) is 26.1. The predicted molar refractivity (Wildman–Crippen MR) is 66.4 cm³/mol. The second-order valence-corrected chi connectivity index (χ2v) is 4.02. The number of aliphatic hydroxyl groups is 1. The largest absolute Gasteiger partial charge is 0.479 e. The average Bonchev–Trinajstić information content (AvgIpc) is 2.79. The van der Waals surface area contributed by atoms with Crippen LogP contribution >= 0.6 is 0 Å². The third-order valence-corrected chi connectivity index (χ3v) is 2.62. The van der Waals surface area contributed by atoms with E-state index in [2.05, 4.69) is 10.3 Å². The van der Waals surface area contributed by atoms with Crippen molar-refractivity contribution >= 4 is 22.9 Å². The van der Waals surface area contributed by atoms with Crippen LogP contribution in [0.2, 0.25) is 0 Å². The van der Waals surface area contributed by atoms with Crippen molar-refractivity contribution in [2.24, 2.45) is 0 Å². The van der Waals surface area contributed by atoms with E-state index in [-0.39, 0.29) is 19.0 Å². The maximum atomic E-state index is 11.6. The number of aliphatic carboxylic acids is 1. The third-order valence-electron chi connectivity index (χ3n) is 2.62. The first kappa shape index (κ1) is 13.0. The highest BCUT2D eigenvalue weighted by Gasteiger charge is 2.14. The number of carbonyl (C=O) groups is 2. The third kappa shape index (κ3) is 3.08. The van der Waals surface area contributed by atoms with Gasteiger partial charge in [0.1, 0.15) is 6.54 Å². The number of aliphatic hydroxyl groups excluding tert-OH is 1. The van der Waals surface area contributed by atoms with E-state index < -0.39 is 12.1 Å². The number of nitrogens with one attached hydrogen (secondary N) is 1. The lowest BCUT2D eigenvalue weighted by atomic mass is 10.3. The zero-order valence-electron chi connectivity index (χ0n) is 9.98. The first-order valence-corrected chi connectivity index (χ1v) is 5.65. The van der Waals surface area contributed by atoms with Crippen LogP contribution in [0.3, 0.4) is 0 Å². The second kappa shape index (κ2) is 5.49. The van der Waals surface area contributed by atoms with E-state index in [1.54, 1.807) is 4.57 Å². The molecule has 0 fully saturated rings. The summed E-state index contributed by atoms with van der Waals surface area (Å²) in [6.45, 7) is -0.298. The molecular weight excluding hydrogens is 250 g/mol. The van der Waals surface area contributed by atoms with Gasteiger partial charge in [0.25, 0.3) is 0 Å². The Morgan fingerprint density at radius 1 is 1.37 bits per heavy atom. The lowest BCUT2D eigenvalue weighted by Gasteiger charge is -2.08. The molecule has 1 atom stereocenters. The lowest BCUT2D eigenvalue weighted by molar-refractivity contribution is -0.146. The second-order valence-electron chi connectivity index (χ2n) is 4.02. The Bertz CT molecular complexity index is 608. The number of carboxylic acid groups (broad SMARTS) is 1. The number of para-hydroxylation sites is 2. The van der Waals surface area contributed by atoms with Crippen molar-refractivity contribution in [2.45, 2.75) is 12.6 Å². The topological polar surface area (TPSA) is 104 Å². The number of fused-ring (bicyclic) bond motifs is 1. The van der Waals surface area contributed by atoms with Gasteiger partial charge in [-0.15, -0.1) is 0 Å². The van der Waals surface area contributed by atoms with Gasteiger partial charge in [-0.25, -0.2) is 9.78 Å². The van der Waals surface area contributed by atoms with E-state index in [0.717, 1.165) is 11.0 Å². The Kier molecular flexibility index (Phi) is 3.76. The molecule has 2 aromatic rings. The van der Waals surface area contributed by atoms with Gasteiger partial charge in [-0.1, -0.05) is 12.1 Å². The molecule has 0 saturated carbocycles. The van der Waals surface area contributed by atoms with Crippen LogP contribution in [0.15, 0.2) is 30.6 Å². The summed E-state index contributed by atoms with van der Waals surface area (Å²) in [5.41, 5.74) is 1.59. The molecule has 0 aliphatic heterocycles. The van der Waals surface area contributed by atoms with Crippen molar-refractivity contribution in [3.8, 4) is 0 Å². The lowest BCUT2D eigenvalue weighted by Crippen LogP contribution is -2.37. The van der Waals surface area contributed by atoms with E-state index in [9.17, 15) is 9.59 Å². The molecule has 100 valence electrons. The molecule has 1 amide bonds. The van der Waals surface area contributed by atoms with Crippen LogP contribution in [0.25, 0.3) is 11.0 Å². The molecule has 1 aromatic carbocycles. The smallest absolute Gasteiger partial charge is 0.334 e. The molecule has 19 heavy (non-hydrogen) atoms. The number of hydrogen-bond acceptors (Lipinski definition) is 4. The van der Waals surface area contributed by atoms with Crippen LogP contribution in [0.5, 0.6) is 0 Å². The fourth-order valence-corrected chi connectivity index (χ4v) is 1.64. The molecule has 0 aliphatic carbocycles. The Labute approximate surface area is 108 Å². The Hall–Kier alpha value is -2.41. The highest BCUT2D eigenvalue weighted by atomic mass is 16.4. The van der Waals surface area contributed by atoms with Crippen LogP contribution < -0.4 is 5.32 Å². The van der Waals surface area contributed by atoms with Gasteiger partial charge in [-0.3, -0.25) is 4.79 Å². The van der Waals surface area contributed by atoms with Crippen molar-refractivity contribution in [1.29, 1.82) is 0 Å². The zero-order chi connectivity index (χ0) is 13.8. The summed E-state index contributed by atoms with van der Waals surface area (Å²) in [5.74, 6) is -1.75. The Morgan fingerprint density at radius 3 is 2.84 bits per heavy atom. The Balaban J connectivity index is 1.97. The van der Waals surface area contributed by atoms with Gasteiger partial charge in [0, 0.05) is 0 Å². The molecule has 7 nitrogen and oxygen atoms in total. The fourth-order valence-electron chi connectivity index (χ4n) is 1.64. The summed E-state index contributed by atoms with van der Waals surface area (Å²) in [5, 5.41) is 19.9. The van der Waals surface area contributed by atoms with Crippen LogP contribution in [-0.2, 0) is 16.1 Å². The van der Waals surface area contributed by atoms with Gasteiger partial charge >= 0.3 is 5.97 Å². The monoisotopic (exact) mass is 263 g/mol. The van der Waals surface area contributed by atoms with Gasteiger partial charge in [0.05, 0.1) is 23.9 Å². The van der Waals surface area contributed by atoms with Gasteiger partial charge in [0.2, 0.25) is 5.91 Å². The van der Waals surface area contributed by atoms with E-state index >= 15 is 0 Å². The number of rotatable bonds is 5. The highest BCUT2D eigenvalue weighted by Crippen LogP contribution is 2.11. The average molecular weight is 263 g/mol. The van der Waals surface area contributed by atoms with Crippen molar-refractivity contribution in [3.63, 3.8) is 0 Å². The number of imidazole rings is 1. The summed E-state index contributed by atoms with van der Waals surface area (Å²) >= 11 is 0. The van der Waals surface area contributed by atoms with Gasteiger partial charge in [-0.2, -0.15) is 0 Å². The fraction of sp³-hybridized carbons (Fsp3) is 0.250. The molecule has 0 saturated heterocycles. The number of carboxylic acids is 1. The summed E-state index contributed by atoms with van der Waals surface area (Å²) in [6.07, 6.45) is -0.0544. The molecule has 3 N–H and O–H groups in total. The molecule has 0 bridgehead atoms. The van der Waals surface area contributed by atoms with E-state index in [1.165, 1.54) is 6.33 Å². The van der Waals surface area contributed by atoms with Crippen molar-refractivity contribution in [2.75, 3.05) is 6.54 Å². The molecule has 2 rings (SSSR count). The van der Waals surface area contributed by atoms with Crippen molar-refractivity contribution in [1.82, 2.24) is 14.9 Å². The molecule has 0 spiro atoms. The maximum absolute atomic E-state index is 11.6. The van der Waals surface area contributed by atoms with Crippen LogP contribution in [-0.4, -0.2) is 44.3 Å². The summed E-state index contributed by atoms with van der Waals surface area (Å²) in [6, 6.07) is 7.36. The number of aromatic nitrogens is 2. The molecule has 1 heterocycles. The molecule has 7 heteroatoms. The summed E-state index contributed by atoms with van der Waals surface area (Å²) in [7, 11) is 0. The minimum atomic E-state index is -1.59. The number of benzene rings is 1. The maximum Gasteiger partial charge on any atom is 0.334 e. The molecule has 0 aliphatic rings. The van der Waals surface area contributed by atoms with Crippen LogP contribution in [0.1, 0.15) is 0 Å². The first-order chi connectivity index (χ1) is 9.08. The van der Waals surface area contributed by atoms with Crippen LogP contribution in [0, 0.1) is 0 Å². The van der Waals surface area contributed by atoms with Gasteiger partial charge in [0.15, 0.2) is 6.10 Å². The summed E-state index contributed by atoms with van der Waals surface area (Å²) < 4.78 is 1.65. The number of carbonyl (C=O) groups excluding carboxylic acids is 1. The normalized spacial score (nSPS) is 12.3. The number of nitrogens with zero attached hydrogens (tertiary/aromatic N) is 2. The quantitative estimate of drug-likeness (QED) is 0.680. The number of amides is 1. The molecule has 1 aromatic heterocycles. The highest BCUT2D eigenvalue weighted by molar-refractivity contribution is 5.81. The van der Waals surface area contributed by atoms with E-state index in [4.69, 9.17) is 10.2 Å². The minimum Gasteiger partial charge on any atom is -0.479 e. The molecule has 1 unspecified atom stereocenters. The van der Waals surface area contributed by atoms with Gasteiger partial charge in [-0.05, 0) is 12.1 Å². The number of hydrogen-bond donors (Lipinski definition) is 3. The predicted octanol–water partition coefficient (Wildman–Crippen LogP) is -0.402. The standard InChI is InChI=1S/C12H13N3O4/c16-10(12(18)19)5-13-11(17)6-15-7-14-8-3-1-2-4-9(8)15/h1-4,7,10,16H,5-6H2,(H,13,17)(H,18,19).